The minimum absolute atomic E-state index is 0.0413. The molecule has 0 spiro atoms. The van der Waals surface area contributed by atoms with Crippen LogP contribution in [0, 0.1) is 5.82 Å². The van der Waals surface area contributed by atoms with Crippen LogP contribution < -0.4 is 4.90 Å². The molecule has 21 heavy (non-hydrogen) atoms. The van der Waals surface area contributed by atoms with Crippen molar-refractivity contribution in [2.75, 3.05) is 4.90 Å². The Hall–Kier alpha value is -1.72. The van der Waals surface area contributed by atoms with E-state index in [0.717, 1.165) is 21.0 Å². The van der Waals surface area contributed by atoms with Crippen molar-refractivity contribution in [3.8, 4) is 0 Å². The molecular formula is C15H8BrClFNO2. The quantitative estimate of drug-likeness (QED) is 0.752. The summed E-state index contributed by atoms with van der Waals surface area (Å²) in [7, 11) is 0. The number of amides is 1. The van der Waals surface area contributed by atoms with Gasteiger partial charge in [0.05, 0.1) is 22.8 Å². The van der Waals surface area contributed by atoms with Crippen LogP contribution in [0.15, 0.2) is 40.9 Å². The van der Waals surface area contributed by atoms with Gasteiger partial charge in [-0.3, -0.25) is 14.5 Å². The fourth-order valence-corrected chi connectivity index (χ4v) is 2.78. The van der Waals surface area contributed by atoms with Gasteiger partial charge >= 0.3 is 0 Å². The maximum absolute atomic E-state index is 14.0. The van der Waals surface area contributed by atoms with Gasteiger partial charge in [-0.25, -0.2) is 4.39 Å². The molecule has 1 amide bonds. The number of fused-ring (bicyclic) bond motifs is 1. The highest BCUT2D eigenvalue weighted by Gasteiger charge is 2.39. The number of carbonyl (C=O) groups is 2. The van der Waals surface area contributed by atoms with E-state index in [-0.39, 0.29) is 22.8 Å². The third-order valence-corrected chi connectivity index (χ3v) is 4.11. The summed E-state index contributed by atoms with van der Waals surface area (Å²) in [6.07, 6.45) is 0. The smallest absolute Gasteiger partial charge is 0.298 e. The molecule has 0 unspecified atom stereocenters. The van der Waals surface area contributed by atoms with Crippen LogP contribution in [0.5, 0.6) is 0 Å². The van der Waals surface area contributed by atoms with Crippen LogP contribution in [0.4, 0.5) is 10.1 Å². The number of hydrogen-bond acceptors (Lipinski definition) is 2. The van der Waals surface area contributed by atoms with Crippen LogP contribution in [0.1, 0.15) is 15.9 Å². The Balaban J connectivity index is 2.05. The zero-order valence-corrected chi connectivity index (χ0v) is 12.9. The highest BCUT2D eigenvalue weighted by atomic mass is 79.9. The van der Waals surface area contributed by atoms with Gasteiger partial charge in [-0.15, -0.1) is 0 Å². The second kappa shape index (κ2) is 5.24. The summed E-state index contributed by atoms with van der Waals surface area (Å²) >= 11 is 9.23. The Labute approximate surface area is 133 Å². The summed E-state index contributed by atoms with van der Waals surface area (Å²) in [4.78, 5) is 25.2. The van der Waals surface area contributed by atoms with E-state index in [9.17, 15) is 14.0 Å². The van der Waals surface area contributed by atoms with Gasteiger partial charge in [-0.05, 0) is 29.8 Å². The average molecular weight is 369 g/mol. The molecule has 106 valence electrons. The monoisotopic (exact) mass is 367 g/mol. The Bertz CT molecular complexity index is 761. The lowest BCUT2D eigenvalue weighted by molar-refractivity contribution is -0.114. The molecule has 2 aromatic carbocycles. The van der Waals surface area contributed by atoms with Crippen LogP contribution in [-0.4, -0.2) is 11.7 Å². The predicted molar refractivity (Wildman–Crippen MR) is 81.1 cm³/mol. The largest absolute Gasteiger partial charge is 0.299 e. The number of carbonyl (C=O) groups excluding carboxylic acids is 2. The molecule has 2 aromatic rings. The molecule has 0 bridgehead atoms. The van der Waals surface area contributed by atoms with Gasteiger partial charge in [0.15, 0.2) is 0 Å². The maximum atomic E-state index is 14.0. The molecular weight excluding hydrogens is 361 g/mol. The van der Waals surface area contributed by atoms with Crippen molar-refractivity contribution in [2.24, 2.45) is 0 Å². The summed E-state index contributed by atoms with van der Waals surface area (Å²) in [6.45, 7) is 0.113. The highest BCUT2D eigenvalue weighted by Crippen LogP contribution is 2.37. The van der Waals surface area contributed by atoms with Gasteiger partial charge in [0.2, 0.25) is 0 Å². The van der Waals surface area contributed by atoms with Gasteiger partial charge in [-0.2, -0.15) is 0 Å². The summed E-state index contributed by atoms with van der Waals surface area (Å²) in [6, 6.07) is 9.65. The lowest BCUT2D eigenvalue weighted by Gasteiger charge is -2.17. The van der Waals surface area contributed by atoms with Gasteiger partial charge in [0, 0.05) is 4.47 Å². The number of ketones is 1. The zero-order chi connectivity index (χ0) is 15.1. The lowest BCUT2D eigenvalue weighted by atomic mass is 10.1. The highest BCUT2D eigenvalue weighted by molar-refractivity contribution is 9.10. The Kier molecular flexibility index (Phi) is 3.55. The van der Waals surface area contributed by atoms with Crippen LogP contribution >= 0.6 is 27.5 Å². The number of rotatable bonds is 2. The van der Waals surface area contributed by atoms with E-state index in [1.165, 1.54) is 6.07 Å². The Morgan fingerprint density at radius 3 is 2.43 bits per heavy atom. The first-order valence-corrected chi connectivity index (χ1v) is 7.25. The van der Waals surface area contributed by atoms with Gasteiger partial charge in [-0.1, -0.05) is 39.7 Å². The van der Waals surface area contributed by atoms with E-state index >= 15 is 0 Å². The molecule has 1 heterocycles. The number of benzene rings is 2. The van der Waals surface area contributed by atoms with Crippen LogP contribution in [0.25, 0.3) is 0 Å². The normalized spacial score (nSPS) is 13.8. The summed E-state index contributed by atoms with van der Waals surface area (Å²) in [5.74, 6) is -2.17. The standard InChI is InChI=1S/C15H8BrClFNO2/c16-9-3-1-8(2-4-9)7-19-13-11(18)6-5-10(17)12(13)14(20)15(19)21/h1-6H,7H2. The topological polar surface area (TPSA) is 37.4 Å². The molecule has 0 saturated carbocycles. The predicted octanol–water partition coefficient (Wildman–Crippen LogP) is 3.97. The van der Waals surface area contributed by atoms with Crippen LogP contribution in [0.3, 0.4) is 0 Å². The van der Waals surface area contributed by atoms with E-state index in [2.05, 4.69) is 15.9 Å². The molecule has 0 radical (unpaired) electrons. The molecule has 1 aliphatic heterocycles. The van der Waals surface area contributed by atoms with E-state index < -0.39 is 17.5 Å². The van der Waals surface area contributed by atoms with Crippen molar-refractivity contribution in [2.45, 2.75) is 6.54 Å². The van der Waals surface area contributed by atoms with Crippen molar-refractivity contribution in [1.29, 1.82) is 0 Å². The molecule has 0 atom stereocenters. The van der Waals surface area contributed by atoms with E-state index in [4.69, 9.17) is 11.6 Å². The fourth-order valence-electron chi connectivity index (χ4n) is 2.28. The molecule has 3 rings (SSSR count). The second-order valence-electron chi connectivity index (χ2n) is 4.60. The van der Waals surface area contributed by atoms with Crippen molar-refractivity contribution in [1.82, 2.24) is 0 Å². The Morgan fingerprint density at radius 2 is 1.76 bits per heavy atom. The fraction of sp³-hybridized carbons (Fsp3) is 0.0667. The summed E-state index contributed by atoms with van der Waals surface area (Å²) in [5, 5.41) is 0.0862. The van der Waals surface area contributed by atoms with E-state index in [1.807, 2.05) is 12.1 Å². The van der Waals surface area contributed by atoms with E-state index in [1.54, 1.807) is 12.1 Å². The van der Waals surface area contributed by atoms with Crippen molar-refractivity contribution < 1.29 is 14.0 Å². The van der Waals surface area contributed by atoms with Crippen LogP contribution in [0.2, 0.25) is 5.02 Å². The molecule has 3 nitrogen and oxygen atoms in total. The molecule has 0 N–H and O–H groups in total. The molecule has 0 fully saturated rings. The lowest BCUT2D eigenvalue weighted by Crippen LogP contribution is -2.29. The third-order valence-electron chi connectivity index (χ3n) is 3.27. The van der Waals surface area contributed by atoms with Crippen molar-refractivity contribution in [3.63, 3.8) is 0 Å². The van der Waals surface area contributed by atoms with Gasteiger partial charge < -0.3 is 0 Å². The molecule has 6 heteroatoms. The number of halogens is 3. The average Bonchev–Trinajstić information content (AvgIpc) is 2.71. The first kappa shape index (κ1) is 14.2. The summed E-state index contributed by atoms with van der Waals surface area (Å²) < 4.78 is 14.9. The number of nitrogens with zero attached hydrogens (tertiary/aromatic N) is 1. The third kappa shape index (κ3) is 2.36. The first-order chi connectivity index (χ1) is 9.99. The molecule has 0 aromatic heterocycles. The SMILES string of the molecule is O=C1C(=O)N(Cc2ccc(Br)cc2)c2c(F)ccc(Cl)c21. The number of hydrogen-bond donors (Lipinski definition) is 0. The van der Waals surface area contributed by atoms with Crippen LogP contribution in [-0.2, 0) is 11.3 Å². The minimum Gasteiger partial charge on any atom is -0.298 e. The number of Topliss-reactive ketones (excluding diaryl/α,β-unsaturated/α-hetero) is 1. The van der Waals surface area contributed by atoms with Gasteiger partial charge in [0.25, 0.3) is 11.7 Å². The Morgan fingerprint density at radius 1 is 1.10 bits per heavy atom. The molecule has 1 aliphatic rings. The van der Waals surface area contributed by atoms with E-state index in [0.29, 0.717) is 0 Å². The van der Waals surface area contributed by atoms with Crippen molar-refractivity contribution >= 4 is 44.9 Å². The molecule has 0 saturated heterocycles. The van der Waals surface area contributed by atoms with Crippen molar-refractivity contribution in [3.05, 3.63) is 62.8 Å². The first-order valence-electron chi connectivity index (χ1n) is 6.07. The maximum Gasteiger partial charge on any atom is 0.299 e. The van der Waals surface area contributed by atoms with Gasteiger partial charge in [0.1, 0.15) is 5.82 Å². The second-order valence-corrected chi connectivity index (χ2v) is 5.92. The zero-order valence-electron chi connectivity index (χ0n) is 10.6. The number of anilines is 1. The minimum atomic E-state index is -0.772. The molecule has 0 aliphatic carbocycles. The summed E-state index contributed by atoms with van der Waals surface area (Å²) in [5.41, 5.74) is 0.686.